The Kier molecular flexibility index (Phi) is 5.76. The molecule has 1 aromatic heterocycles. The van der Waals surface area contributed by atoms with Crippen LogP contribution in [0.1, 0.15) is 24.2 Å². The summed E-state index contributed by atoms with van der Waals surface area (Å²) < 4.78 is 4.92. The third-order valence-electron chi connectivity index (χ3n) is 2.58. The summed E-state index contributed by atoms with van der Waals surface area (Å²) in [6.45, 7) is 4.49. The van der Waals surface area contributed by atoms with Crippen LogP contribution >= 0.6 is 0 Å². The molecule has 0 aliphatic carbocycles. The number of aromatic nitrogens is 1. The molecule has 1 rings (SSSR count). The highest BCUT2D eigenvalue weighted by molar-refractivity contribution is 5.98. The number of nitrogens with zero attached hydrogens (tertiary/aromatic N) is 2. The predicted octanol–water partition coefficient (Wildman–Crippen LogP) is 0.413. The lowest BCUT2D eigenvalue weighted by Crippen LogP contribution is -2.35. The number of nitrogen functional groups attached to an aromatic ring is 1. The van der Waals surface area contributed by atoms with Gasteiger partial charge in [0.25, 0.3) is 0 Å². The van der Waals surface area contributed by atoms with E-state index in [-0.39, 0.29) is 30.3 Å². The normalized spacial score (nSPS) is 9.95. The fourth-order valence-electron chi connectivity index (χ4n) is 1.70. The molecule has 7 heteroatoms. The Bertz CT molecular complexity index is 491. The monoisotopic (exact) mass is 280 g/mol. The van der Waals surface area contributed by atoms with Crippen LogP contribution in [0.5, 0.6) is 0 Å². The fourth-order valence-corrected chi connectivity index (χ4v) is 1.70. The van der Waals surface area contributed by atoms with Gasteiger partial charge in [-0.3, -0.25) is 4.79 Å². The summed E-state index contributed by atoms with van der Waals surface area (Å²) >= 11 is 0. The van der Waals surface area contributed by atoms with Crippen LogP contribution in [-0.2, 0) is 9.53 Å². The highest BCUT2D eigenvalue weighted by Crippen LogP contribution is 2.23. The number of rotatable bonds is 6. The summed E-state index contributed by atoms with van der Waals surface area (Å²) in [5, 5.41) is 2.68. The number of ether oxygens (including phenoxy) is 1. The van der Waals surface area contributed by atoms with Gasteiger partial charge in [-0.25, -0.2) is 9.78 Å². The molecule has 0 saturated heterocycles. The molecule has 0 atom stereocenters. The van der Waals surface area contributed by atoms with Gasteiger partial charge in [-0.15, -0.1) is 0 Å². The highest BCUT2D eigenvalue weighted by Gasteiger charge is 2.18. The topological polar surface area (TPSA) is 97.5 Å². The first-order valence-corrected chi connectivity index (χ1v) is 6.40. The fraction of sp³-hybridized carbons (Fsp3) is 0.462. The standard InChI is InChI=1S/C13H20N4O3/c1-4-15-10(18)8-17(3)12-11(14)9(6-7-16-12)13(19)20-5-2/h6-7H,4-5,8,14H2,1-3H3,(H,15,18). The van der Waals surface area contributed by atoms with Gasteiger partial charge in [-0.1, -0.05) is 0 Å². The molecule has 1 aromatic rings. The van der Waals surface area contributed by atoms with Crippen LogP contribution in [0, 0.1) is 0 Å². The second-order valence-electron chi connectivity index (χ2n) is 4.13. The van der Waals surface area contributed by atoms with Crippen LogP contribution in [0.25, 0.3) is 0 Å². The Labute approximate surface area is 118 Å². The van der Waals surface area contributed by atoms with E-state index in [4.69, 9.17) is 10.5 Å². The van der Waals surface area contributed by atoms with Crippen molar-refractivity contribution in [2.45, 2.75) is 13.8 Å². The maximum atomic E-state index is 11.7. The zero-order valence-electron chi connectivity index (χ0n) is 12.0. The van der Waals surface area contributed by atoms with Gasteiger partial charge >= 0.3 is 5.97 Å². The molecule has 0 saturated carbocycles. The summed E-state index contributed by atoms with van der Waals surface area (Å²) in [7, 11) is 1.68. The first kappa shape index (κ1) is 15.7. The number of hydrogen-bond acceptors (Lipinski definition) is 6. The number of esters is 1. The van der Waals surface area contributed by atoms with E-state index < -0.39 is 5.97 Å². The van der Waals surface area contributed by atoms with Gasteiger partial charge in [0.2, 0.25) is 5.91 Å². The maximum Gasteiger partial charge on any atom is 0.340 e. The Balaban J connectivity index is 2.93. The Morgan fingerprint density at radius 3 is 2.75 bits per heavy atom. The summed E-state index contributed by atoms with van der Waals surface area (Å²) in [5.74, 6) is -0.264. The quantitative estimate of drug-likeness (QED) is 0.733. The largest absolute Gasteiger partial charge is 0.462 e. The minimum atomic E-state index is -0.500. The van der Waals surface area contributed by atoms with Gasteiger partial charge in [0.1, 0.15) is 0 Å². The number of amides is 1. The van der Waals surface area contributed by atoms with E-state index in [0.717, 1.165) is 0 Å². The Morgan fingerprint density at radius 1 is 1.45 bits per heavy atom. The van der Waals surface area contributed by atoms with E-state index in [0.29, 0.717) is 12.4 Å². The Hall–Kier alpha value is -2.31. The van der Waals surface area contributed by atoms with Crippen molar-refractivity contribution >= 4 is 23.4 Å². The van der Waals surface area contributed by atoms with Crippen LogP contribution < -0.4 is 16.0 Å². The van der Waals surface area contributed by atoms with Crippen LogP contribution in [0.3, 0.4) is 0 Å². The third-order valence-corrected chi connectivity index (χ3v) is 2.58. The van der Waals surface area contributed by atoms with Crippen LogP contribution in [0.4, 0.5) is 11.5 Å². The number of hydrogen-bond donors (Lipinski definition) is 2. The average molecular weight is 280 g/mol. The molecule has 0 spiro atoms. The smallest absolute Gasteiger partial charge is 0.340 e. The Morgan fingerprint density at radius 2 is 2.15 bits per heavy atom. The van der Waals surface area contributed by atoms with Gasteiger partial charge < -0.3 is 20.7 Å². The molecule has 0 radical (unpaired) electrons. The lowest BCUT2D eigenvalue weighted by Gasteiger charge is -2.20. The molecule has 0 unspecified atom stereocenters. The molecule has 0 aromatic carbocycles. The first-order chi connectivity index (χ1) is 9.51. The molecule has 1 amide bonds. The second kappa shape index (κ2) is 7.32. The summed E-state index contributed by atoms with van der Waals surface area (Å²) in [5.41, 5.74) is 6.38. The van der Waals surface area contributed by atoms with Crippen molar-refractivity contribution in [1.29, 1.82) is 0 Å². The molecule has 0 fully saturated rings. The van der Waals surface area contributed by atoms with Crippen LogP contribution in [0.15, 0.2) is 12.3 Å². The summed E-state index contributed by atoms with van der Waals surface area (Å²) in [4.78, 5) is 29.0. The first-order valence-electron chi connectivity index (χ1n) is 6.40. The number of likely N-dealkylation sites (N-methyl/N-ethyl adjacent to an activating group) is 2. The van der Waals surface area contributed by atoms with Crippen molar-refractivity contribution in [2.75, 3.05) is 37.4 Å². The van der Waals surface area contributed by atoms with E-state index >= 15 is 0 Å². The molecule has 3 N–H and O–H groups in total. The molecule has 0 bridgehead atoms. The van der Waals surface area contributed by atoms with E-state index in [9.17, 15) is 9.59 Å². The molecule has 1 heterocycles. The van der Waals surface area contributed by atoms with Gasteiger partial charge in [-0.2, -0.15) is 0 Å². The number of carbonyl (C=O) groups is 2. The van der Waals surface area contributed by atoms with E-state index in [2.05, 4.69) is 10.3 Å². The second-order valence-corrected chi connectivity index (χ2v) is 4.13. The molecule has 0 aliphatic rings. The van der Waals surface area contributed by atoms with Crippen LogP contribution in [-0.4, -0.2) is 43.6 Å². The van der Waals surface area contributed by atoms with Gasteiger partial charge in [0.15, 0.2) is 5.82 Å². The van der Waals surface area contributed by atoms with E-state index in [1.54, 1.807) is 18.9 Å². The van der Waals surface area contributed by atoms with E-state index in [1.165, 1.54) is 12.3 Å². The SMILES string of the molecule is CCNC(=O)CN(C)c1nccc(C(=O)OCC)c1N. The lowest BCUT2D eigenvalue weighted by molar-refractivity contribution is -0.119. The number of nitrogens with one attached hydrogen (secondary N) is 1. The molecule has 7 nitrogen and oxygen atoms in total. The number of anilines is 2. The molecular formula is C13H20N4O3. The van der Waals surface area contributed by atoms with Gasteiger partial charge in [0.05, 0.1) is 24.4 Å². The van der Waals surface area contributed by atoms with Gasteiger partial charge in [0, 0.05) is 19.8 Å². The highest BCUT2D eigenvalue weighted by atomic mass is 16.5. The summed E-state index contributed by atoms with van der Waals surface area (Å²) in [6.07, 6.45) is 1.46. The average Bonchev–Trinajstić information content (AvgIpc) is 2.39. The molecule has 0 aliphatic heterocycles. The van der Waals surface area contributed by atoms with E-state index in [1.807, 2.05) is 6.92 Å². The molecule has 20 heavy (non-hydrogen) atoms. The lowest BCUT2D eigenvalue weighted by atomic mass is 10.2. The van der Waals surface area contributed by atoms with Crippen molar-refractivity contribution in [3.05, 3.63) is 17.8 Å². The van der Waals surface area contributed by atoms with Crippen molar-refractivity contribution in [3.8, 4) is 0 Å². The van der Waals surface area contributed by atoms with Crippen molar-refractivity contribution < 1.29 is 14.3 Å². The number of pyridine rings is 1. The minimum Gasteiger partial charge on any atom is -0.462 e. The van der Waals surface area contributed by atoms with Crippen molar-refractivity contribution in [2.24, 2.45) is 0 Å². The number of nitrogens with two attached hydrogens (primary N) is 1. The molecule has 110 valence electrons. The van der Waals surface area contributed by atoms with Crippen LogP contribution in [0.2, 0.25) is 0 Å². The molecular weight excluding hydrogens is 260 g/mol. The van der Waals surface area contributed by atoms with Gasteiger partial charge in [-0.05, 0) is 19.9 Å². The third kappa shape index (κ3) is 3.84. The van der Waals surface area contributed by atoms with Crippen molar-refractivity contribution in [3.63, 3.8) is 0 Å². The maximum absolute atomic E-state index is 11.7. The zero-order chi connectivity index (χ0) is 15.1. The van der Waals surface area contributed by atoms with Crippen molar-refractivity contribution in [1.82, 2.24) is 10.3 Å². The number of carbonyl (C=O) groups excluding carboxylic acids is 2. The summed E-state index contributed by atoms with van der Waals surface area (Å²) in [6, 6.07) is 1.50. The predicted molar refractivity (Wildman–Crippen MR) is 76.6 cm³/mol. The zero-order valence-corrected chi connectivity index (χ0v) is 12.0. The minimum absolute atomic E-state index is 0.108.